The first-order chi connectivity index (χ1) is 16.6. The first kappa shape index (κ1) is 24.0. The molecule has 2 amide bonds. The Hall–Kier alpha value is -3.13. The standard InChI is InChI=1S/C26H34N4O4/c1-33-22-15-20(16-23(17-22)34-2)26(32)30-13-11-29(12-14-30)24(19-7-3-4-8-19)25(31)28-18-21-9-5-6-10-27-21/h5-6,9-10,15-17,19,24H,3-4,7-8,11-14,18H2,1-2H3,(H,28,31)/t24-/m0/s1. The second kappa shape index (κ2) is 11.3. The second-order valence-electron chi connectivity index (χ2n) is 8.96. The summed E-state index contributed by atoms with van der Waals surface area (Å²) in [5, 5.41) is 3.11. The maximum Gasteiger partial charge on any atom is 0.254 e. The van der Waals surface area contributed by atoms with Crippen LogP contribution in [0.5, 0.6) is 11.5 Å². The number of nitrogens with one attached hydrogen (secondary N) is 1. The molecule has 1 aliphatic carbocycles. The molecular formula is C26H34N4O4. The second-order valence-corrected chi connectivity index (χ2v) is 8.96. The van der Waals surface area contributed by atoms with Crippen LogP contribution in [0.4, 0.5) is 0 Å². The number of amides is 2. The van der Waals surface area contributed by atoms with Crippen LogP contribution in [0, 0.1) is 5.92 Å². The van der Waals surface area contributed by atoms with E-state index in [4.69, 9.17) is 9.47 Å². The Labute approximate surface area is 201 Å². The number of nitrogens with zero attached hydrogens (tertiary/aromatic N) is 3. The Morgan fingerprint density at radius 2 is 1.71 bits per heavy atom. The molecule has 2 fully saturated rings. The van der Waals surface area contributed by atoms with Gasteiger partial charge in [-0.1, -0.05) is 18.9 Å². The van der Waals surface area contributed by atoms with Gasteiger partial charge in [-0.15, -0.1) is 0 Å². The lowest BCUT2D eigenvalue weighted by atomic mass is 9.95. The summed E-state index contributed by atoms with van der Waals surface area (Å²) in [6.07, 6.45) is 6.23. The molecular weight excluding hydrogens is 432 g/mol. The molecule has 0 spiro atoms. The molecule has 0 bridgehead atoms. The number of rotatable bonds is 8. The average molecular weight is 467 g/mol. The van der Waals surface area contributed by atoms with E-state index in [2.05, 4.69) is 15.2 Å². The van der Waals surface area contributed by atoms with E-state index in [0.717, 1.165) is 18.5 Å². The van der Waals surface area contributed by atoms with Gasteiger partial charge in [-0.25, -0.2) is 0 Å². The van der Waals surface area contributed by atoms with Crippen molar-refractivity contribution >= 4 is 11.8 Å². The summed E-state index contributed by atoms with van der Waals surface area (Å²) < 4.78 is 10.6. The van der Waals surface area contributed by atoms with Crippen LogP contribution in [-0.2, 0) is 11.3 Å². The van der Waals surface area contributed by atoms with Crippen molar-refractivity contribution in [2.24, 2.45) is 5.92 Å². The maximum absolute atomic E-state index is 13.3. The third-order valence-corrected chi connectivity index (χ3v) is 6.88. The fourth-order valence-corrected chi connectivity index (χ4v) is 5.05. The summed E-state index contributed by atoms with van der Waals surface area (Å²) in [5.41, 5.74) is 1.40. The number of benzene rings is 1. The molecule has 182 valence electrons. The number of ether oxygens (including phenoxy) is 2. The highest BCUT2D eigenvalue weighted by atomic mass is 16.5. The highest BCUT2D eigenvalue weighted by Gasteiger charge is 2.37. The van der Waals surface area contributed by atoms with Gasteiger partial charge in [-0.3, -0.25) is 19.5 Å². The summed E-state index contributed by atoms with van der Waals surface area (Å²) in [5.74, 6) is 1.55. The molecule has 1 N–H and O–H groups in total. The summed E-state index contributed by atoms with van der Waals surface area (Å²) in [6, 6.07) is 10.8. The van der Waals surface area contributed by atoms with Gasteiger partial charge in [0, 0.05) is 44.0 Å². The van der Waals surface area contributed by atoms with Crippen LogP contribution in [0.15, 0.2) is 42.6 Å². The molecule has 1 aliphatic heterocycles. The lowest BCUT2D eigenvalue weighted by Gasteiger charge is -2.40. The largest absolute Gasteiger partial charge is 0.497 e. The fraction of sp³-hybridized carbons (Fsp3) is 0.500. The minimum Gasteiger partial charge on any atom is -0.497 e. The van der Waals surface area contributed by atoms with Gasteiger partial charge in [-0.2, -0.15) is 0 Å². The predicted octanol–water partition coefficient (Wildman–Crippen LogP) is 2.73. The van der Waals surface area contributed by atoms with E-state index in [9.17, 15) is 9.59 Å². The molecule has 34 heavy (non-hydrogen) atoms. The zero-order valence-electron chi connectivity index (χ0n) is 20.0. The average Bonchev–Trinajstić information content (AvgIpc) is 3.42. The van der Waals surface area contributed by atoms with Crippen LogP contribution < -0.4 is 14.8 Å². The van der Waals surface area contributed by atoms with E-state index < -0.39 is 0 Å². The van der Waals surface area contributed by atoms with Crippen LogP contribution in [0.2, 0.25) is 0 Å². The van der Waals surface area contributed by atoms with Crippen molar-refractivity contribution in [2.75, 3.05) is 40.4 Å². The maximum atomic E-state index is 13.3. The Bertz CT molecular complexity index is 948. The van der Waals surface area contributed by atoms with Crippen molar-refractivity contribution in [3.63, 3.8) is 0 Å². The number of piperazine rings is 1. The summed E-state index contributed by atoms with van der Waals surface area (Å²) >= 11 is 0. The fourth-order valence-electron chi connectivity index (χ4n) is 5.05. The third kappa shape index (κ3) is 5.67. The molecule has 0 unspecified atom stereocenters. The molecule has 2 heterocycles. The van der Waals surface area contributed by atoms with Crippen molar-refractivity contribution in [1.82, 2.24) is 20.1 Å². The van der Waals surface area contributed by atoms with Gasteiger partial charge in [-0.05, 0) is 43.0 Å². The SMILES string of the molecule is COc1cc(OC)cc(C(=O)N2CCN([C@H](C(=O)NCc3ccccn3)C3CCCC3)CC2)c1. The van der Waals surface area contributed by atoms with Gasteiger partial charge in [0.25, 0.3) is 5.91 Å². The van der Waals surface area contributed by atoms with E-state index in [1.807, 2.05) is 23.1 Å². The molecule has 1 saturated heterocycles. The minimum atomic E-state index is -0.166. The highest BCUT2D eigenvalue weighted by molar-refractivity contribution is 5.95. The smallest absolute Gasteiger partial charge is 0.254 e. The Morgan fingerprint density at radius 1 is 1.03 bits per heavy atom. The lowest BCUT2D eigenvalue weighted by Crippen LogP contribution is -2.57. The molecule has 8 nitrogen and oxygen atoms in total. The minimum absolute atomic E-state index is 0.0473. The normalized spacial score (nSPS) is 17.9. The third-order valence-electron chi connectivity index (χ3n) is 6.88. The molecule has 4 rings (SSSR count). The van der Waals surface area contributed by atoms with E-state index in [0.29, 0.717) is 55.7 Å². The molecule has 2 aliphatic rings. The number of carbonyl (C=O) groups is 2. The number of aromatic nitrogens is 1. The molecule has 1 saturated carbocycles. The monoisotopic (exact) mass is 466 g/mol. The van der Waals surface area contributed by atoms with Crippen molar-refractivity contribution in [3.8, 4) is 11.5 Å². The van der Waals surface area contributed by atoms with Gasteiger partial charge in [0.2, 0.25) is 5.91 Å². The molecule has 1 aromatic carbocycles. The summed E-state index contributed by atoms with van der Waals surface area (Å²) in [6.45, 7) is 2.93. The van der Waals surface area contributed by atoms with Crippen molar-refractivity contribution < 1.29 is 19.1 Å². The van der Waals surface area contributed by atoms with Crippen LogP contribution in [0.3, 0.4) is 0 Å². The Morgan fingerprint density at radius 3 is 2.29 bits per heavy atom. The van der Waals surface area contributed by atoms with Gasteiger partial charge in [0.05, 0.1) is 32.5 Å². The number of hydrogen-bond donors (Lipinski definition) is 1. The summed E-state index contributed by atoms with van der Waals surface area (Å²) in [7, 11) is 3.15. The van der Waals surface area contributed by atoms with E-state index >= 15 is 0 Å². The highest BCUT2D eigenvalue weighted by Crippen LogP contribution is 2.31. The molecule has 0 radical (unpaired) electrons. The predicted molar refractivity (Wildman–Crippen MR) is 129 cm³/mol. The van der Waals surface area contributed by atoms with Crippen LogP contribution in [0.1, 0.15) is 41.7 Å². The Balaban J connectivity index is 1.40. The van der Waals surface area contributed by atoms with Crippen LogP contribution in [-0.4, -0.2) is 73.0 Å². The summed E-state index contributed by atoms with van der Waals surface area (Å²) in [4.78, 5) is 34.9. The molecule has 2 aromatic rings. The van der Waals surface area contributed by atoms with Crippen molar-refractivity contribution in [3.05, 3.63) is 53.9 Å². The molecule has 1 aromatic heterocycles. The topological polar surface area (TPSA) is 84.0 Å². The quantitative estimate of drug-likeness (QED) is 0.644. The van der Waals surface area contributed by atoms with Gasteiger partial charge >= 0.3 is 0 Å². The molecule has 8 heteroatoms. The van der Waals surface area contributed by atoms with E-state index in [1.165, 1.54) is 12.8 Å². The van der Waals surface area contributed by atoms with Crippen LogP contribution in [0.25, 0.3) is 0 Å². The van der Waals surface area contributed by atoms with Crippen molar-refractivity contribution in [2.45, 2.75) is 38.3 Å². The number of carbonyl (C=O) groups excluding carboxylic acids is 2. The van der Waals surface area contributed by atoms with E-state index in [-0.39, 0.29) is 17.9 Å². The Kier molecular flexibility index (Phi) is 8.00. The number of hydrogen-bond acceptors (Lipinski definition) is 6. The number of methoxy groups -OCH3 is 2. The lowest BCUT2D eigenvalue weighted by molar-refractivity contribution is -0.129. The van der Waals surface area contributed by atoms with Crippen LogP contribution >= 0.6 is 0 Å². The van der Waals surface area contributed by atoms with Gasteiger partial charge < -0.3 is 19.7 Å². The van der Waals surface area contributed by atoms with E-state index in [1.54, 1.807) is 38.6 Å². The van der Waals surface area contributed by atoms with Crippen molar-refractivity contribution in [1.29, 1.82) is 0 Å². The van der Waals surface area contributed by atoms with Gasteiger partial charge in [0.1, 0.15) is 11.5 Å². The number of pyridine rings is 1. The molecule has 1 atom stereocenters. The first-order valence-corrected chi connectivity index (χ1v) is 12.0. The first-order valence-electron chi connectivity index (χ1n) is 12.0. The zero-order valence-corrected chi connectivity index (χ0v) is 20.0. The van der Waals surface area contributed by atoms with Gasteiger partial charge in [0.15, 0.2) is 0 Å². The zero-order chi connectivity index (χ0) is 23.9.